The molecule has 0 bridgehead atoms. The summed E-state index contributed by atoms with van der Waals surface area (Å²) in [5, 5.41) is 2.80. The van der Waals surface area contributed by atoms with Crippen LogP contribution in [0.2, 0.25) is 0 Å². The van der Waals surface area contributed by atoms with Crippen LogP contribution < -0.4 is 11.1 Å². The van der Waals surface area contributed by atoms with Crippen molar-refractivity contribution in [1.29, 1.82) is 0 Å². The third-order valence-corrected chi connectivity index (χ3v) is 1.35. The Kier molecular flexibility index (Phi) is 4.13. The van der Waals surface area contributed by atoms with Crippen molar-refractivity contribution >= 4 is 23.2 Å². The number of amides is 2. The zero-order valence-corrected chi connectivity index (χ0v) is 9.36. The van der Waals surface area contributed by atoms with E-state index >= 15 is 0 Å². The van der Waals surface area contributed by atoms with Crippen LogP contribution in [0, 0.1) is 0 Å². The molecule has 0 atom stereocenters. The first-order valence-electron chi connectivity index (χ1n) is 4.04. The van der Waals surface area contributed by atoms with E-state index < -0.39 is 0 Å². The van der Waals surface area contributed by atoms with Crippen LogP contribution in [0.4, 0.5) is 4.79 Å². The van der Waals surface area contributed by atoms with E-state index in [1.54, 1.807) is 7.05 Å². The van der Waals surface area contributed by atoms with Crippen LogP contribution in [0.3, 0.4) is 0 Å². The Balaban J connectivity index is 4.05. The fraction of sp³-hybridized carbons (Fsp3) is 0.750. The number of likely N-dealkylation sites (N-methyl/N-ethyl adjacent to an activating group) is 1. The summed E-state index contributed by atoms with van der Waals surface area (Å²) in [6, 6.07) is -0.166. The Morgan fingerprint density at radius 2 is 2.00 bits per heavy atom. The van der Waals surface area contributed by atoms with Gasteiger partial charge in [0.15, 0.2) is 0 Å². The summed E-state index contributed by atoms with van der Waals surface area (Å²) in [5.41, 5.74) is 5.07. The Hall–Kier alpha value is -0.840. The predicted molar refractivity (Wildman–Crippen MR) is 57.7 cm³/mol. The number of hydrogen-bond donors (Lipinski definition) is 2. The second-order valence-corrected chi connectivity index (χ2v) is 4.53. The summed E-state index contributed by atoms with van der Waals surface area (Å²) in [7, 11) is 1.65. The van der Waals surface area contributed by atoms with E-state index in [2.05, 4.69) is 17.5 Å². The van der Waals surface area contributed by atoms with Gasteiger partial charge in [-0.25, -0.2) is 4.79 Å². The minimum absolute atomic E-state index is 0.166. The van der Waals surface area contributed by atoms with E-state index in [0.29, 0.717) is 11.5 Å². The minimum Gasteiger partial charge on any atom is -0.392 e. The summed E-state index contributed by atoms with van der Waals surface area (Å²) in [6.45, 7) is 6.05. The summed E-state index contributed by atoms with van der Waals surface area (Å²) in [5.74, 6) is 0. The van der Waals surface area contributed by atoms with Gasteiger partial charge in [0.2, 0.25) is 0 Å². The zero-order chi connectivity index (χ0) is 10.6. The maximum absolute atomic E-state index is 11.4. The highest BCUT2D eigenvalue weighted by molar-refractivity contribution is 7.80. The number of nitrogens with zero attached hydrogens (tertiary/aromatic N) is 1. The number of rotatable bonds is 2. The van der Waals surface area contributed by atoms with Crippen molar-refractivity contribution in [3.63, 3.8) is 0 Å². The molecule has 0 rings (SSSR count). The first kappa shape index (κ1) is 12.2. The standard InChI is InChI=1S/C8H17N3OS/c1-8(2,3)10-7(12)11(4)5-6(9)13/h5H2,1-4H3,(H2,9,13)(H,10,12). The van der Waals surface area contributed by atoms with Crippen LogP contribution in [0.15, 0.2) is 0 Å². The molecule has 0 heterocycles. The second kappa shape index (κ2) is 4.41. The van der Waals surface area contributed by atoms with Gasteiger partial charge in [-0.05, 0) is 20.8 Å². The van der Waals surface area contributed by atoms with Crippen LogP contribution in [-0.4, -0.2) is 35.1 Å². The highest BCUT2D eigenvalue weighted by atomic mass is 32.1. The number of nitrogens with one attached hydrogen (secondary N) is 1. The van der Waals surface area contributed by atoms with E-state index in [0.717, 1.165) is 0 Å². The molecule has 0 aliphatic carbocycles. The van der Waals surface area contributed by atoms with Gasteiger partial charge in [0.1, 0.15) is 0 Å². The number of carbonyl (C=O) groups excluding carboxylic acids is 1. The smallest absolute Gasteiger partial charge is 0.317 e. The molecule has 0 unspecified atom stereocenters. The van der Waals surface area contributed by atoms with Crippen LogP contribution in [0.5, 0.6) is 0 Å². The van der Waals surface area contributed by atoms with Crippen molar-refractivity contribution in [2.45, 2.75) is 26.3 Å². The summed E-state index contributed by atoms with van der Waals surface area (Å²) < 4.78 is 0. The van der Waals surface area contributed by atoms with Gasteiger partial charge in [-0.15, -0.1) is 0 Å². The van der Waals surface area contributed by atoms with Crippen molar-refractivity contribution in [2.75, 3.05) is 13.6 Å². The summed E-state index contributed by atoms with van der Waals surface area (Å²) in [6.07, 6.45) is 0. The first-order chi connectivity index (χ1) is 5.72. The van der Waals surface area contributed by atoms with Gasteiger partial charge in [-0.1, -0.05) is 12.2 Å². The Labute approximate surface area is 84.5 Å². The molecule has 0 saturated carbocycles. The largest absolute Gasteiger partial charge is 0.392 e. The fourth-order valence-corrected chi connectivity index (χ4v) is 0.915. The molecule has 3 N–H and O–H groups in total. The molecule has 4 nitrogen and oxygen atoms in total. The molecule has 0 aromatic carbocycles. The van der Waals surface area contributed by atoms with Gasteiger partial charge in [0.25, 0.3) is 0 Å². The molecule has 76 valence electrons. The van der Waals surface area contributed by atoms with Crippen molar-refractivity contribution < 1.29 is 4.79 Å². The number of nitrogens with two attached hydrogens (primary N) is 1. The lowest BCUT2D eigenvalue weighted by molar-refractivity contribution is 0.205. The maximum atomic E-state index is 11.4. The van der Waals surface area contributed by atoms with E-state index in [-0.39, 0.29) is 11.6 Å². The molecular weight excluding hydrogens is 186 g/mol. The van der Waals surface area contributed by atoms with E-state index in [1.807, 2.05) is 20.8 Å². The lowest BCUT2D eigenvalue weighted by Gasteiger charge is -2.25. The topological polar surface area (TPSA) is 58.4 Å². The molecule has 0 saturated heterocycles. The van der Waals surface area contributed by atoms with Gasteiger partial charge in [0, 0.05) is 12.6 Å². The van der Waals surface area contributed by atoms with E-state index in [1.165, 1.54) is 4.90 Å². The van der Waals surface area contributed by atoms with Crippen molar-refractivity contribution in [2.24, 2.45) is 5.73 Å². The molecule has 0 aliphatic rings. The zero-order valence-electron chi connectivity index (χ0n) is 8.55. The normalized spacial score (nSPS) is 10.8. The lowest BCUT2D eigenvalue weighted by atomic mass is 10.1. The molecule has 5 heteroatoms. The Morgan fingerprint density at radius 1 is 1.54 bits per heavy atom. The number of urea groups is 1. The van der Waals surface area contributed by atoms with Crippen molar-refractivity contribution in [3.05, 3.63) is 0 Å². The monoisotopic (exact) mass is 203 g/mol. The third-order valence-electron chi connectivity index (χ3n) is 1.22. The molecule has 13 heavy (non-hydrogen) atoms. The highest BCUT2D eigenvalue weighted by Crippen LogP contribution is 1.99. The molecular formula is C8H17N3OS. The average molecular weight is 203 g/mol. The number of thiocarbonyl (C=S) groups is 1. The van der Waals surface area contributed by atoms with Crippen LogP contribution in [0.25, 0.3) is 0 Å². The van der Waals surface area contributed by atoms with Crippen LogP contribution in [0.1, 0.15) is 20.8 Å². The summed E-state index contributed by atoms with van der Waals surface area (Å²) in [4.78, 5) is 13.2. The van der Waals surface area contributed by atoms with Gasteiger partial charge in [-0.3, -0.25) is 0 Å². The molecule has 0 spiro atoms. The number of carbonyl (C=O) groups is 1. The van der Waals surface area contributed by atoms with Gasteiger partial charge in [-0.2, -0.15) is 0 Å². The van der Waals surface area contributed by atoms with E-state index in [9.17, 15) is 4.79 Å². The minimum atomic E-state index is -0.235. The molecule has 0 aromatic heterocycles. The molecule has 0 aromatic rings. The Morgan fingerprint density at radius 3 is 2.31 bits per heavy atom. The predicted octanol–water partition coefficient (Wildman–Crippen LogP) is 0.712. The van der Waals surface area contributed by atoms with Crippen molar-refractivity contribution in [1.82, 2.24) is 10.2 Å². The maximum Gasteiger partial charge on any atom is 0.317 e. The second-order valence-electron chi connectivity index (χ2n) is 4.00. The number of hydrogen-bond acceptors (Lipinski definition) is 2. The summed E-state index contributed by atoms with van der Waals surface area (Å²) >= 11 is 4.69. The van der Waals surface area contributed by atoms with Gasteiger partial charge in [0.05, 0.1) is 11.5 Å². The Bertz CT molecular complexity index is 210. The third kappa shape index (κ3) is 6.33. The molecule has 2 amide bonds. The van der Waals surface area contributed by atoms with Gasteiger partial charge >= 0.3 is 6.03 Å². The van der Waals surface area contributed by atoms with Crippen molar-refractivity contribution in [3.8, 4) is 0 Å². The average Bonchev–Trinajstić information content (AvgIpc) is 1.81. The first-order valence-corrected chi connectivity index (χ1v) is 4.45. The van der Waals surface area contributed by atoms with Gasteiger partial charge < -0.3 is 16.0 Å². The lowest BCUT2D eigenvalue weighted by Crippen LogP contribution is -2.48. The highest BCUT2D eigenvalue weighted by Gasteiger charge is 2.16. The SMILES string of the molecule is CN(CC(N)=S)C(=O)NC(C)(C)C. The van der Waals surface area contributed by atoms with Crippen LogP contribution >= 0.6 is 12.2 Å². The molecule has 0 radical (unpaired) electrons. The molecule has 0 aliphatic heterocycles. The van der Waals surface area contributed by atoms with E-state index in [4.69, 9.17) is 5.73 Å². The fourth-order valence-electron chi connectivity index (χ4n) is 0.722. The quantitative estimate of drug-likeness (QED) is 0.650. The molecule has 0 fully saturated rings. The van der Waals surface area contributed by atoms with Crippen LogP contribution in [-0.2, 0) is 0 Å².